The van der Waals surface area contributed by atoms with Crippen molar-refractivity contribution in [1.82, 2.24) is 9.55 Å². The van der Waals surface area contributed by atoms with Gasteiger partial charge in [0.1, 0.15) is 11.6 Å². The molecule has 5 nitrogen and oxygen atoms in total. The molecule has 0 bridgehead atoms. The Kier molecular flexibility index (Phi) is 4.15. The van der Waals surface area contributed by atoms with Gasteiger partial charge in [-0.25, -0.2) is 4.98 Å². The van der Waals surface area contributed by atoms with Crippen LogP contribution in [0.2, 0.25) is 0 Å². The van der Waals surface area contributed by atoms with Crippen molar-refractivity contribution in [3.05, 3.63) is 84.4 Å². The summed E-state index contributed by atoms with van der Waals surface area (Å²) >= 11 is 0. The van der Waals surface area contributed by atoms with Crippen LogP contribution in [0, 0.1) is 5.92 Å². The van der Waals surface area contributed by atoms with E-state index in [4.69, 9.17) is 15.5 Å². The van der Waals surface area contributed by atoms with Crippen LogP contribution in [-0.2, 0) is 12.3 Å². The third-order valence-electron chi connectivity index (χ3n) is 7.81. The van der Waals surface area contributed by atoms with Crippen LogP contribution in [-0.4, -0.2) is 20.3 Å². The Morgan fingerprint density at radius 1 is 0.882 bits per heavy atom. The zero-order valence-electron chi connectivity index (χ0n) is 18.9. The zero-order chi connectivity index (χ0) is 22.9. The summed E-state index contributed by atoms with van der Waals surface area (Å²) < 4.78 is 8.23. The Morgan fingerprint density at radius 3 is 2.32 bits per heavy atom. The van der Waals surface area contributed by atoms with Gasteiger partial charge >= 0.3 is 0 Å². The minimum absolute atomic E-state index is 0.424. The molecule has 1 aromatic heterocycles. The lowest BCUT2D eigenvalue weighted by molar-refractivity contribution is -0.106. The number of rotatable bonds is 4. The molecule has 0 radical (unpaired) electrons. The van der Waals surface area contributed by atoms with E-state index in [-0.39, 0.29) is 0 Å². The number of imidazole rings is 1. The minimum atomic E-state index is -0.565. The molecule has 2 heterocycles. The van der Waals surface area contributed by atoms with Crippen molar-refractivity contribution in [2.75, 3.05) is 0 Å². The molecule has 2 saturated carbocycles. The first kappa shape index (κ1) is 20.0. The molecule has 0 atom stereocenters. The van der Waals surface area contributed by atoms with Gasteiger partial charge in [-0.3, -0.25) is 4.57 Å². The van der Waals surface area contributed by atoms with E-state index < -0.39 is 11.1 Å². The summed E-state index contributed by atoms with van der Waals surface area (Å²) in [7, 11) is 0. The molecule has 0 spiro atoms. The SMILES string of the molecule is NC1(c2ccc(-c3nc4n(c3-c3ccccc3)COc3ccccc3-4)cc2)CC(O)(C2CC2)C1. The molecule has 3 N–H and O–H groups in total. The third-order valence-corrected chi connectivity index (χ3v) is 7.81. The Bertz CT molecular complexity index is 1380. The standard InChI is InChI=1S/C29H27N3O2/c30-28(16-29(33,17-28)22-14-15-22)21-12-10-19(11-13-21)25-26(20-6-2-1-3-7-20)32-18-34-24-9-5-4-8-23(24)27(32)31-25/h1-13,22,33H,14-18,30H2. The van der Waals surface area contributed by atoms with Crippen molar-refractivity contribution < 1.29 is 9.84 Å². The number of aliphatic hydroxyl groups is 1. The molecule has 7 rings (SSSR count). The van der Waals surface area contributed by atoms with E-state index in [1.807, 2.05) is 24.3 Å². The fourth-order valence-electron chi connectivity index (χ4n) is 5.90. The Balaban J connectivity index is 1.30. The van der Waals surface area contributed by atoms with Crippen LogP contribution in [0.3, 0.4) is 0 Å². The number of fused-ring (bicyclic) bond motifs is 3. The zero-order valence-corrected chi connectivity index (χ0v) is 18.9. The normalized spacial score (nSPS) is 25.1. The van der Waals surface area contributed by atoms with E-state index in [1.54, 1.807) is 0 Å². The lowest BCUT2D eigenvalue weighted by Crippen LogP contribution is -2.60. The molecule has 3 aliphatic rings. The van der Waals surface area contributed by atoms with Gasteiger partial charge in [-0.2, -0.15) is 0 Å². The average Bonchev–Trinajstić information content (AvgIpc) is 3.64. The summed E-state index contributed by atoms with van der Waals surface area (Å²) in [4.78, 5) is 5.13. The fourth-order valence-corrected chi connectivity index (χ4v) is 5.90. The first-order valence-corrected chi connectivity index (χ1v) is 12.0. The number of benzene rings is 3. The van der Waals surface area contributed by atoms with Gasteiger partial charge in [0, 0.05) is 16.7 Å². The van der Waals surface area contributed by atoms with E-state index in [0.29, 0.717) is 25.5 Å². The lowest BCUT2D eigenvalue weighted by atomic mass is 9.60. The van der Waals surface area contributed by atoms with Gasteiger partial charge in [-0.05, 0) is 49.3 Å². The van der Waals surface area contributed by atoms with Crippen LogP contribution < -0.4 is 10.5 Å². The first-order valence-electron chi connectivity index (χ1n) is 12.0. The number of nitrogens with zero attached hydrogens (tertiary/aromatic N) is 2. The smallest absolute Gasteiger partial charge is 0.167 e. The van der Waals surface area contributed by atoms with Crippen LogP contribution in [0.4, 0.5) is 0 Å². The fraction of sp³-hybridized carbons (Fsp3) is 0.276. The molecule has 0 saturated heterocycles. The van der Waals surface area contributed by atoms with Crippen molar-refractivity contribution in [2.45, 2.75) is 43.6 Å². The predicted octanol–water partition coefficient (Wildman–Crippen LogP) is 5.32. The van der Waals surface area contributed by atoms with Gasteiger partial charge < -0.3 is 15.6 Å². The van der Waals surface area contributed by atoms with Crippen molar-refractivity contribution in [3.63, 3.8) is 0 Å². The van der Waals surface area contributed by atoms with E-state index in [9.17, 15) is 5.11 Å². The highest BCUT2D eigenvalue weighted by molar-refractivity contribution is 5.83. The topological polar surface area (TPSA) is 73.3 Å². The van der Waals surface area contributed by atoms with Crippen LogP contribution in [0.15, 0.2) is 78.9 Å². The van der Waals surface area contributed by atoms with Crippen molar-refractivity contribution in [2.24, 2.45) is 11.7 Å². The van der Waals surface area contributed by atoms with E-state index in [1.165, 1.54) is 0 Å². The van der Waals surface area contributed by atoms with Crippen LogP contribution >= 0.6 is 0 Å². The predicted molar refractivity (Wildman–Crippen MR) is 132 cm³/mol. The largest absolute Gasteiger partial charge is 0.472 e. The molecular weight excluding hydrogens is 422 g/mol. The number of ether oxygens (including phenoxy) is 1. The summed E-state index contributed by atoms with van der Waals surface area (Å²) in [6, 6.07) is 26.9. The van der Waals surface area contributed by atoms with Crippen molar-refractivity contribution in [1.29, 1.82) is 0 Å². The molecule has 3 aromatic carbocycles. The van der Waals surface area contributed by atoms with Gasteiger partial charge in [0.05, 0.1) is 22.6 Å². The second kappa shape index (κ2) is 7.05. The maximum absolute atomic E-state index is 10.8. The van der Waals surface area contributed by atoms with Gasteiger partial charge in [0.15, 0.2) is 6.73 Å². The van der Waals surface area contributed by atoms with E-state index >= 15 is 0 Å². The molecule has 4 aromatic rings. The number of hydrogen-bond donors (Lipinski definition) is 2. The highest BCUT2D eigenvalue weighted by atomic mass is 16.5. The van der Waals surface area contributed by atoms with Gasteiger partial charge in [0.2, 0.25) is 0 Å². The summed E-state index contributed by atoms with van der Waals surface area (Å²) in [5.41, 5.74) is 11.9. The number of para-hydroxylation sites is 1. The molecule has 2 fully saturated rings. The summed E-state index contributed by atoms with van der Waals surface area (Å²) in [6.07, 6.45) is 3.55. The molecule has 34 heavy (non-hydrogen) atoms. The molecule has 1 aliphatic heterocycles. The number of nitrogens with two attached hydrogens (primary N) is 1. The molecule has 0 unspecified atom stereocenters. The highest BCUT2D eigenvalue weighted by Gasteiger charge is 2.58. The maximum Gasteiger partial charge on any atom is 0.167 e. The van der Waals surface area contributed by atoms with E-state index in [0.717, 1.165) is 58.1 Å². The quantitative estimate of drug-likeness (QED) is 0.442. The maximum atomic E-state index is 10.8. The Morgan fingerprint density at radius 2 is 1.59 bits per heavy atom. The second-order valence-electron chi connectivity index (χ2n) is 10.2. The van der Waals surface area contributed by atoms with Crippen LogP contribution in [0.1, 0.15) is 31.2 Å². The van der Waals surface area contributed by atoms with Crippen LogP contribution in [0.25, 0.3) is 33.9 Å². The van der Waals surface area contributed by atoms with Gasteiger partial charge in [-0.15, -0.1) is 0 Å². The molecule has 2 aliphatic carbocycles. The minimum Gasteiger partial charge on any atom is -0.472 e. The molecule has 0 amide bonds. The summed E-state index contributed by atoms with van der Waals surface area (Å²) in [6.45, 7) is 0.424. The number of hydrogen-bond acceptors (Lipinski definition) is 4. The van der Waals surface area contributed by atoms with Crippen LogP contribution in [0.5, 0.6) is 5.75 Å². The number of aromatic nitrogens is 2. The lowest BCUT2D eigenvalue weighted by Gasteiger charge is -2.52. The van der Waals surface area contributed by atoms with E-state index in [2.05, 4.69) is 59.2 Å². The molecule has 5 heteroatoms. The van der Waals surface area contributed by atoms with Gasteiger partial charge in [-0.1, -0.05) is 66.7 Å². The highest BCUT2D eigenvalue weighted by Crippen LogP contribution is 2.57. The monoisotopic (exact) mass is 449 g/mol. The second-order valence-corrected chi connectivity index (χ2v) is 10.2. The molecule has 170 valence electrons. The Hall–Kier alpha value is -3.41. The summed E-state index contributed by atoms with van der Waals surface area (Å²) in [5, 5.41) is 10.8. The molecular formula is C29H27N3O2. The Labute approximate surface area is 198 Å². The van der Waals surface area contributed by atoms with Gasteiger partial charge in [0.25, 0.3) is 0 Å². The first-order chi connectivity index (χ1) is 16.5. The van der Waals surface area contributed by atoms with Crippen molar-refractivity contribution >= 4 is 0 Å². The third kappa shape index (κ3) is 2.97. The van der Waals surface area contributed by atoms with Crippen molar-refractivity contribution in [3.8, 4) is 39.7 Å². The average molecular weight is 450 g/mol. The summed E-state index contributed by atoms with van der Waals surface area (Å²) in [5.74, 6) is 2.22.